The summed E-state index contributed by atoms with van der Waals surface area (Å²) in [6.45, 7) is 3.89. The number of aromatic nitrogens is 2. The number of amides is 1. The van der Waals surface area contributed by atoms with Crippen molar-refractivity contribution in [1.29, 1.82) is 0 Å². The number of likely N-dealkylation sites (tertiary alicyclic amines) is 1. The van der Waals surface area contributed by atoms with Gasteiger partial charge in [0.1, 0.15) is 0 Å². The molecule has 2 fully saturated rings. The Morgan fingerprint density at radius 1 is 1.47 bits per heavy atom. The highest BCUT2D eigenvalue weighted by molar-refractivity contribution is 5.90. The maximum atomic E-state index is 12.4. The molecule has 1 N–H and O–H groups in total. The Morgan fingerprint density at radius 3 is 3.11 bits per heavy atom. The minimum atomic E-state index is -0.0858. The number of hydrogen-bond acceptors (Lipinski definition) is 5. The third kappa shape index (κ3) is 2.36. The monoisotopic (exact) mass is 264 g/mol. The average molecular weight is 264 g/mol. The highest BCUT2D eigenvalue weighted by atomic mass is 16.5. The molecule has 2 aliphatic heterocycles. The van der Waals surface area contributed by atoms with Crippen LogP contribution in [0.15, 0.2) is 4.52 Å². The second kappa shape index (κ2) is 5.28. The Hall–Kier alpha value is -1.43. The second-order valence-corrected chi connectivity index (χ2v) is 5.31. The van der Waals surface area contributed by atoms with Crippen LogP contribution < -0.4 is 5.32 Å². The summed E-state index contributed by atoms with van der Waals surface area (Å²) in [6, 6.07) is 0.452. The van der Waals surface area contributed by atoms with E-state index in [0.717, 1.165) is 45.2 Å². The van der Waals surface area contributed by atoms with Crippen LogP contribution in [-0.4, -0.2) is 40.1 Å². The van der Waals surface area contributed by atoms with Crippen LogP contribution in [0.1, 0.15) is 61.6 Å². The van der Waals surface area contributed by atoms with Crippen LogP contribution in [0.3, 0.4) is 0 Å². The van der Waals surface area contributed by atoms with Gasteiger partial charge in [-0.3, -0.25) is 4.79 Å². The number of nitrogens with zero attached hydrogens (tertiary/aromatic N) is 3. The lowest BCUT2D eigenvalue weighted by Gasteiger charge is -2.21. The first-order chi connectivity index (χ1) is 9.29. The lowest BCUT2D eigenvalue weighted by atomic mass is 10.2. The molecule has 2 unspecified atom stereocenters. The molecule has 104 valence electrons. The van der Waals surface area contributed by atoms with Gasteiger partial charge >= 0.3 is 0 Å². The fourth-order valence-electron chi connectivity index (χ4n) is 3.01. The third-order valence-corrected chi connectivity index (χ3v) is 4.10. The molecular weight excluding hydrogens is 244 g/mol. The zero-order chi connectivity index (χ0) is 13.2. The maximum absolute atomic E-state index is 12.4. The van der Waals surface area contributed by atoms with E-state index in [1.54, 1.807) is 0 Å². The van der Waals surface area contributed by atoms with Crippen LogP contribution in [0.5, 0.6) is 0 Å². The van der Waals surface area contributed by atoms with E-state index in [2.05, 4.69) is 22.4 Å². The summed E-state index contributed by atoms with van der Waals surface area (Å²) in [4.78, 5) is 18.5. The van der Waals surface area contributed by atoms with Crippen molar-refractivity contribution >= 4 is 5.91 Å². The Kier molecular flexibility index (Phi) is 3.50. The van der Waals surface area contributed by atoms with Crippen LogP contribution in [0.4, 0.5) is 0 Å². The summed E-state index contributed by atoms with van der Waals surface area (Å²) < 4.78 is 5.23. The average Bonchev–Trinajstić information content (AvgIpc) is 3.16. The van der Waals surface area contributed by atoms with Gasteiger partial charge in [0.15, 0.2) is 0 Å². The van der Waals surface area contributed by atoms with Gasteiger partial charge in [-0.1, -0.05) is 12.1 Å². The zero-order valence-corrected chi connectivity index (χ0v) is 11.3. The molecule has 1 aromatic heterocycles. The first-order valence-electron chi connectivity index (χ1n) is 7.17. The molecule has 2 saturated heterocycles. The van der Waals surface area contributed by atoms with Gasteiger partial charge in [0, 0.05) is 12.6 Å². The molecule has 3 heterocycles. The fraction of sp³-hybridized carbons (Fsp3) is 0.769. The molecule has 19 heavy (non-hydrogen) atoms. The van der Waals surface area contributed by atoms with Crippen molar-refractivity contribution in [1.82, 2.24) is 20.4 Å². The summed E-state index contributed by atoms with van der Waals surface area (Å²) in [5.74, 6) is 0.675. The second-order valence-electron chi connectivity index (χ2n) is 5.31. The number of carbonyl (C=O) groups is 1. The predicted molar refractivity (Wildman–Crippen MR) is 68.6 cm³/mol. The van der Waals surface area contributed by atoms with E-state index >= 15 is 0 Å². The molecule has 0 aliphatic carbocycles. The molecule has 6 nitrogen and oxygen atoms in total. The van der Waals surface area contributed by atoms with E-state index in [9.17, 15) is 4.79 Å². The van der Waals surface area contributed by atoms with Crippen LogP contribution >= 0.6 is 0 Å². The standard InChI is InChI=1S/C13H20N4O2/c1-2-9-5-4-8-17(9)13(18)11-15-12(19-16-11)10-6-3-7-14-10/h9-10,14H,2-8H2,1H3. The van der Waals surface area contributed by atoms with Gasteiger partial charge in [-0.15, -0.1) is 0 Å². The number of nitrogens with one attached hydrogen (secondary N) is 1. The molecule has 6 heteroatoms. The molecule has 2 aliphatic rings. The molecule has 0 aromatic carbocycles. The van der Waals surface area contributed by atoms with Crippen molar-refractivity contribution in [3.05, 3.63) is 11.7 Å². The van der Waals surface area contributed by atoms with Gasteiger partial charge < -0.3 is 14.7 Å². The van der Waals surface area contributed by atoms with Crippen LogP contribution in [-0.2, 0) is 0 Å². The maximum Gasteiger partial charge on any atom is 0.295 e. The first-order valence-corrected chi connectivity index (χ1v) is 7.17. The SMILES string of the molecule is CCC1CCCN1C(=O)c1noc(C2CCCN2)n1. The van der Waals surface area contributed by atoms with Gasteiger partial charge in [-0.05, 0) is 38.6 Å². The lowest BCUT2D eigenvalue weighted by Crippen LogP contribution is -2.35. The quantitative estimate of drug-likeness (QED) is 0.896. The smallest absolute Gasteiger partial charge is 0.295 e. The Labute approximate surface area is 112 Å². The summed E-state index contributed by atoms with van der Waals surface area (Å²) in [6.07, 6.45) is 5.24. The molecule has 3 rings (SSSR count). The van der Waals surface area contributed by atoms with Crippen molar-refractivity contribution in [2.75, 3.05) is 13.1 Å². The van der Waals surface area contributed by atoms with E-state index in [1.165, 1.54) is 0 Å². The topological polar surface area (TPSA) is 71.3 Å². The first kappa shape index (κ1) is 12.6. The van der Waals surface area contributed by atoms with Crippen LogP contribution in [0.25, 0.3) is 0 Å². The zero-order valence-electron chi connectivity index (χ0n) is 11.3. The van der Waals surface area contributed by atoms with Crippen molar-refractivity contribution in [3.8, 4) is 0 Å². The van der Waals surface area contributed by atoms with Crippen molar-refractivity contribution in [3.63, 3.8) is 0 Å². The summed E-state index contributed by atoms with van der Waals surface area (Å²) in [5, 5.41) is 7.15. The Bertz CT molecular complexity index is 453. The predicted octanol–water partition coefficient (Wildman–Crippen LogP) is 1.51. The van der Waals surface area contributed by atoms with E-state index < -0.39 is 0 Å². The summed E-state index contributed by atoms with van der Waals surface area (Å²) in [7, 11) is 0. The third-order valence-electron chi connectivity index (χ3n) is 4.10. The van der Waals surface area contributed by atoms with Gasteiger partial charge in [0.25, 0.3) is 11.7 Å². The minimum absolute atomic E-state index is 0.0858. The van der Waals surface area contributed by atoms with Crippen molar-refractivity contribution < 1.29 is 9.32 Å². The molecule has 0 bridgehead atoms. The molecule has 0 radical (unpaired) electrons. The van der Waals surface area contributed by atoms with Gasteiger partial charge in [0.05, 0.1) is 6.04 Å². The van der Waals surface area contributed by atoms with E-state index in [1.807, 2.05) is 4.90 Å². The van der Waals surface area contributed by atoms with Gasteiger partial charge in [-0.2, -0.15) is 4.98 Å². The molecule has 2 atom stereocenters. The molecule has 1 aromatic rings. The number of hydrogen-bond donors (Lipinski definition) is 1. The largest absolute Gasteiger partial charge is 0.337 e. The van der Waals surface area contributed by atoms with Gasteiger partial charge in [0.2, 0.25) is 5.89 Å². The van der Waals surface area contributed by atoms with E-state index in [4.69, 9.17) is 4.52 Å². The normalized spacial score (nSPS) is 27.1. The fourth-order valence-corrected chi connectivity index (χ4v) is 3.01. The van der Waals surface area contributed by atoms with Crippen LogP contribution in [0.2, 0.25) is 0 Å². The Balaban J connectivity index is 1.73. The van der Waals surface area contributed by atoms with Crippen LogP contribution in [0, 0.1) is 0 Å². The van der Waals surface area contributed by atoms with Crippen molar-refractivity contribution in [2.45, 2.75) is 51.1 Å². The highest BCUT2D eigenvalue weighted by Crippen LogP contribution is 2.24. The summed E-state index contributed by atoms with van der Waals surface area (Å²) >= 11 is 0. The summed E-state index contributed by atoms with van der Waals surface area (Å²) in [5.41, 5.74) is 0. The molecule has 0 saturated carbocycles. The Morgan fingerprint density at radius 2 is 2.37 bits per heavy atom. The molecule has 0 spiro atoms. The number of carbonyl (C=O) groups excluding carboxylic acids is 1. The molecular formula is C13H20N4O2. The highest BCUT2D eigenvalue weighted by Gasteiger charge is 2.32. The van der Waals surface area contributed by atoms with Gasteiger partial charge in [-0.25, -0.2) is 0 Å². The van der Waals surface area contributed by atoms with E-state index in [0.29, 0.717) is 11.9 Å². The minimum Gasteiger partial charge on any atom is -0.337 e. The molecule has 1 amide bonds. The lowest BCUT2D eigenvalue weighted by molar-refractivity contribution is 0.0718. The van der Waals surface area contributed by atoms with Crippen molar-refractivity contribution in [2.24, 2.45) is 0 Å². The number of rotatable bonds is 3. The van der Waals surface area contributed by atoms with E-state index in [-0.39, 0.29) is 17.8 Å².